The second-order valence-electron chi connectivity index (χ2n) is 5.98. The molecule has 3 rings (SSSR count). The van der Waals surface area contributed by atoms with E-state index in [1.165, 1.54) is 0 Å². The number of aromatic nitrogens is 2. The van der Waals surface area contributed by atoms with E-state index in [1.807, 2.05) is 25.1 Å². The number of nitrogens with one attached hydrogen (secondary N) is 1. The van der Waals surface area contributed by atoms with Crippen LogP contribution in [0.5, 0.6) is 0 Å². The van der Waals surface area contributed by atoms with Crippen molar-refractivity contribution in [3.63, 3.8) is 0 Å². The van der Waals surface area contributed by atoms with Crippen LogP contribution in [0.1, 0.15) is 19.5 Å². The number of H-pyrrole nitrogens is 1. The average molecular weight is 412 g/mol. The van der Waals surface area contributed by atoms with Gasteiger partial charge >= 0.3 is 6.18 Å². The van der Waals surface area contributed by atoms with Gasteiger partial charge in [0.25, 0.3) is 0 Å². The zero-order chi connectivity index (χ0) is 19.8. The van der Waals surface area contributed by atoms with Crippen LogP contribution in [-0.4, -0.2) is 21.9 Å². The van der Waals surface area contributed by atoms with Crippen molar-refractivity contribution in [1.29, 1.82) is 0 Å². The highest BCUT2D eigenvalue weighted by atomic mass is 35.5. The smallest absolute Gasteiger partial charge is 0.397 e. The molecular formula is C19H17ClF3N3S. The summed E-state index contributed by atoms with van der Waals surface area (Å²) in [5.41, 5.74) is 7.61. The van der Waals surface area contributed by atoms with E-state index in [0.29, 0.717) is 16.4 Å². The maximum Gasteiger partial charge on any atom is 0.412 e. The number of allylic oxidation sites excluding steroid dienone is 1. The number of hydrogen-bond acceptors (Lipinski definition) is 3. The number of alkyl halides is 3. The van der Waals surface area contributed by atoms with Crippen molar-refractivity contribution in [2.45, 2.75) is 24.9 Å². The Morgan fingerprint density at radius 2 is 2.04 bits per heavy atom. The van der Waals surface area contributed by atoms with Crippen LogP contribution in [0.15, 0.2) is 40.8 Å². The number of nitrogens with two attached hydrogens (primary N) is 1. The fourth-order valence-corrected chi connectivity index (χ4v) is 3.61. The largest absolute Gasteiger partial charge is 0.412 e. The first-order chi connectivity index (χ1) is 12.7. The number of benzene rings is 1. The number of nitrogen functional groups attached to an aromatic ring is 1. The quantitative estimate of drug-likeness (QED) is 0.479. The first-order valence-electron chi connectivity index (χ1n) is 8.16. The highest BCUT2D eigenvalue weighted by Gasteiger charge is 2.30. The van der Waals surface area contributed by atoms with E-state index in [9.17, 15) is 13.2 Å². The number of thioether (sulfide) groups is 1. The van der Waals surface area contributed by atoms with Crippen LogP contribution in [0.2, 0.25) is 5.02 Å². The normalized spacial score (nSPS) is 12.7. The lowest BCUT2D eigenvalue weighted by Crippen LogP contribution is -2.08. The summed E-state index contributed by atoms with van der Waals surface area (Å²) in [5, 5.41) is 1.51. The van der Waals surface area contributed by atoms with Crippen LogP contribution in [0.3, 0.4) is 0 Å². The SMILES string of the molecule is CCSc1cc2cc(Cl)ccc2nc1-c1cc(N)c(/C=C(\C)C(F)(F)F)[nH]1. The second kappa shape index (κ2) is 7.48. The van der Waals surface area contributed by atoms with Gasteiger partial charge in [-0.25, -0.2) is 4.98 Å². The highest BCUT2D eigenvalue weighted by molar-refractivity contribution is 7.99. The molecule has 0 aliphatic rings. The predicted octanol–water partition coefficient (Wildman–Crippen LogP) is 6.54. The van der Waals surface area contributed by atoms with E-state index in [1.54, 1.807) is 23.9 Å². The van der Waals surface area contributed by atoms with Crippen LogP contribution in [0.4, 0.5) is 18.9 Å². The van der Waals surface area contributed by atoms with Gasteiger partial charge in [-0.15, -0.1) is 11.8 Å². The minimum absolute atomic E-state index is 0.213. The lowest BCUT2D eigenvalue weighted by molar-refractivity contribution is -0.0903. The fourth-order valence-electron chi connectivity index (χ4n) is 2.62. The topological polar surface area (TPSA) is 54.7 Å². The average Bonchev–Trinajstić information content (AvgIpc) is 2.94. The summed E-state index contributed by atoms with van der Waals surface area (Å²) in [5.74, 6) is 0.816. The molecule has 2 aromatic heterocycles. The highest BCUT2D eigenvalue weighted by Crippen LogP contribution is 2.35. The summed E-state index contributed by atoms with van der Waals surface area (Å²) in [6.45, 7) is 3.02. The first kappa shape index (κ1) is 19.6. The Hall–Kier alpha value is -2.12. The van der Waals surface area contributed by atoms with Gasteiger partial charge in [-0.3, -0.25) is 0 Å². The molecule has 0 bridgehead atoms. The minimum Gasteiger partial charge on any atom is -0.397 e. The fraction of sp³-hybridized carbons (Fsp3) is 0.211. The molecule has 0 aliphatic carbocycles. The van der Waals surface area contributed by atoms with E-state index in [4.69, 9.17) is 17.3 Å². The molecule has 3 N–H and O–H groups in total. The molecule has 8 heteroatoms. The molecule has 0 saturated heterocycles. The van der Waals surface area contributed by atoms with E-state index < -0.39 is 11.7 Å². The number of aromatic amines is 1. The van der Waals surface area contributed by atoms with Gasteiger partial charge < -0.3 is 10.7 Å². The van der Waals surface area contributed by atoms with Gasteiger partial charge in [0.1, 0.15) is 5.69 Å². The zero-order valence-corrected chi connectivity index (χ0v) is 16.2. The third kappa shape index (κ3) is 4.25. The summed E-state index contributed by atoms with van der Waals surface area (Å²) in [7, 11) is 0. The molecule has 0 atom stereocenters. The van der Waals surface area contributed by atoms with Crippen molar-refractivity contribution in [3.05, 3.63) is 46.6 Å². The van der Waals surface area contributed by atoms with Crippen molar-refractivity contribution >= 4 is 46.0 Å². The molecule has 1 aromatic carbocycles. The molecule has 2 heterocycles. The third-order valence-electron chi connectivity index (χ3n) is 3.98. The zero-order valence-electron chi connectivity index (χ0n) is 14.6. The van der Waals surface area contributed by atoms with Crippen molar-refractivity contribution in [2.75, 3.05) is 11.5 Å². The molecule has 0 spiro atoms. The first-order valence-corrected chi connectivity index (χ1v) is 9.53. The molecule has 3 aromatic rings. The summed E-state index contributed by atoms with van der Waals surface area (Å²) >= 11 is 7.65. The van der Waals surface area contributed by atoms with Gasteiger partial charge in [-0.1, -0.05) is 18.5 Å². The van der Waals surface area contributed by atoms with Crippen LogP contribution in [-0.2, 0) is 0 Å². The molecular weight excluding hydrogens is 395 g/mol. The van der Waals surface area contributed by atoms with Gasteiger partial charge in [0.05, 0.1) is 22.6 Å². The van der Waals surface area contributed by atoms with Crippen LogP contribution < -0.4 is 5.73 Å². The number of halogens is 4. The Labute approximate surface area is 163 Å². The summed E-state index contributed by atoms with van der Waals surface area (Å²) in [6.07, 6.45) is -3.40. The molecule has 142 valence electrons. The van der Waals surface area contributed by atoms with Gasteiger partial charge in [-0.05, 0) is 49.1 Å². The van der Waals surface area contributed by atoms with Gasteiger partial charge in [0.2, 0.25) is 0 Å². The van der Waals surface area contributed by atoms with Crippen molar-refractivity contribution in [3.8, 4) is 11.4 Å². The number of hydrogen-bond donors (Lipinski definition) is 2. The molecule has 27 heavy (non-hydrogen) atoms. The number of fused-ring (bicyclic) bond motifs is 1. The number of anilines is 1. The van der Waals surface area contributed by atoms with E-state index in [-0.39, 0.29) is 11.4 Å². The van der Waals surface area contributed by atoms with Gasteiger partial charge in [0.15, 0.2) is 0 Å². The van der Waals surface area contributed by atoms with Gasteiger partial charge in [-0.2, -0.15) is 13.2 Å². The Morgan fingerprint density at radius 1 is 1.30 bits per heavy atom. The van der Waals surface area contributed by atoms with E-state index >= 15 is 0 Å². The van der Waals surface area contributed by atoms with Crippen LogP contribution >= 0.6 is 23.4 Å². The molecule has 3 nitrogen and oxygen atoms in total. The molecule has 0 radical (unpaired) electrons. The maximum atomic E-state index is 12.8. The molecule has 0 fully saturated rings. The molecule has 0 aliphatic heterocycles. The number of rotatable bonds is 4. The summed E-state index contributed by atoms with van der Waals surface area (Å²) in [6, 6.07) is 8.97. The van der Waals surface area contributed by atoms with E-state index in [0.717, 1.165) is 34.6 Å². The Morgan fingerprint density at radius 3 is 2.70 bits per heavy atom. The van der Waals surface area contributed by atoms with Crippen molar-refractivity contribution < 1.29 is 13.2 Å². The molecule has 0 amide bonds. The standard InChI is InChI=1S/C19H17ClF3N3S/c1-3-27-17-8-11-7-12(20)4-5-14(11)26-18(17)16-9-13(24)15(25-16)6-10(2)19(21,22)23/h4-9,25H,3,24H2,1-2H3/b10-6+. The van der Waals surface area contributed by atoms with Gasteiger partial charge in [0, 0.05) is 20.9 Å². The lowest BCUT2D eigenvalue weighted by atomic mass is 10.2. The summed E-state index contributed by atoms with van der Waals surface area (Å²) < 4.78 is 38.5. The molecule has 0 saturated carbocycles. The van der Waals surface area contributed by atoms with Crippen molar-refractivity contribution in [2.24, 2.45) is 0 Å². The lowest BCUT2D eigenvalue weighted by Gasteiger charge is -2.09. The maximum absolute atomic E-state index is 12.8. The summed E-state index contributed by atoms with van der Waals surface area (Å²) in [4.78, 5) is 8.55. The predicted molar refractivity (Wildman–Crippen MR) is 107 cm³/mol. The minimum atomic E-state index is -4.40. The second-order valence-corrected chi connectivity index (χ2v) is 7.72. The number of nitrogens with zero attached hydrogens (tertiary/aromatic N) is 1. The Balaban J connectivity index is 2.13. The van der Waals surface area contributed by atoms with Crippen LogP contribution in [0, 0.1) is 0 Å². The van der Waals surface area contributed by atoms with Crippen LogP contribution in [0.25, 0.3) is 28.4 Å². The monoisotopic (exact) mass is 411 g/mol. The Kier molecular flexibility index (Phi) is 5.44. The Bertz CT molecular complexity index is 1020. The van der Waals surface area contributed by atoms with Crippen molar-refractivity contribution in [1.82, 2.24) is 9.97 Å². The third-order valence-corrected chi connectivity index (χ3v) is 5.13. The van der Waals surface area contributed by atoms with E-state index in [2.05, 4.69) is 9.97 Å². The molecule has 0 unspecified atom stereocenters. The number of pyridine rings is 1.